The van der Waals surface area contributed by atoms with Gasteiger partial charge in [0, 0.05) is 50.0 Å². The summed E-state index contributed by atoms with van der Waals surface area (Å²) in [7, 11) is 0. The lowest BCUT2D eigenvalue weighted by Crippen LogP contribution is -2.51. The molecule has 1 aromatic rings. The van der Waals surface area contributed by atoms with Gasteiger partial charge >= 0.3 is 0 Å². The molecule has 0 aliphatic carbocycles. The lowest BCUT2D eigenvalue weighted by Gasteiger charge is -2.36. The molecule has 0 atom stereocenters. The Morgan fingerprint density at radius 1 is 1.00 bits per heavy atom. The molecule has 0 unspecified atom stereocenters. The minimum Gasteiger partial charge on any atom is -0.370 e. The number of hydrogen-bond donors (Lipinski definition) is 1. The Hall–Kier alpha value is -1.95. The van der Waals surface area contributed by atoms with Gasteiger partial charge in [-0.1, -0.05) is 11.6 Å². The summed E-state index contributed by atoms with van der Waals surface area (Å²) in [6.07, 6.45) is 2.19. The predicted octanol–water partition coefficient (Wildman–Crippen LogP) is 1.40. The number of halogens is 1. The number of aliphatic imine (C=N–C) groups is 1. The summed E-state index contributed by atoms with van der Waals surface area (Å²) in [5, 5.41) is 0.747. The van der Waals surface area contributed by atoms with Crippen LogP contribution in [0.25, 0.3) is 0 Å². The highest BCUT2D eigenvalue weighted by Crippen LogP contribution is 2.19. The number of nitrogens with zero attached hydrogens (tertiary/aromatic N) is 4. The number of likely N-dealkylation sites (tertiary alicyclic amines) is 1. The maximum atomic E-state index is 12.0. The van der Waals surface area contributed by atoms with Crippen molar-refractivity contribution in [2.24, 2.45) is 10.7 Å². The van der Waals surface area contributed by atoms with Crippen LogP contribution in [0.1, 0.15) is 12.8 Å². The van der Waals surface area contributed by atoms with E-state index in [4.69, 9.17) is 17.3 Å². The molecular weight excluding hydrogens is 326 g/mol. The average molecular weight is 350 g/mol. The zero-order valence-electron chi connectivity index (χ0n) is 13.8. The van der Waals surface area contributed by atoms with Crippen molar-refractivity contribution < 1.29 is 4.79 Å². The van der Waals surface area contributed by atoms with Gasteiger partial charge in [0.15, 0.2) is 5.96 Å². The summed E-state index contributed by atoms with van der Waals surface area (Å²) in [5.74, 6) is 0.550. The summed E-state index contributed by atoms with van der Waals surface area (Å²) in [6.45, 7) is 5.22. The molecule has 0 bridgehead atoms. The molecule has 3 rings (SSSR count). The van der Waals surface area contributed by atoms with Crippen molar-refractivity contribution in [1.82, 2.24) is 9.80 Å². The molecule has 7 heteroatoms. The maximum Gasteiger partial charge on any atom is 0.244 e. The van der Waals surface area contributed by atoms with Gasteiger partial charge in [-0.15, -0.1) is 0 Å². The average Bonchev–Trinajstić information content (AvgIpc) is 3.15. The highest BCUT2D eigenvalue weighted by atomic mass is 35.5. The van der Waals surface area contributed by atoms with Crippen molar-refractivity contribution in [2.45, 2.75) is 12.8 Å². The van der Waals surface area contributed by atoms with Crippen molar-refractivity contribution in [3.05, 3.63) is 29.3 Å². The summed E-state index contributed by atoms with van der Waals surface area (Å²) < 4.78 is 0. The number of piperazine rings is 1. The van der Waals surface area contributed by atoms with Crippen LogP contribution in [0.5, 0.6) is 0 Å². The largest absolute Gasteiger partial charge is 0.370 e. The molecule has 1 amide bonds. The van der Waals surface area contributed by atoms with Crippen molar-refractivity contribution in [1.29, 1.82) is 0 Å². The molecule has 1 aromatic carbocycles. The Morgan fingerprint density at radius 3 is 2.25 bits per heavy atom. The molecule has 130 valence electrons. The Labute approximate surface area is 147 Å². The van der Waals surface area contributed by atoms with Gasteiger partial charge in [0.05, 0.1) is 0 Å². The summed E-state index contributed by atoms with van der Waals surface area (Å²) in [5.41, 5.74) is 7.23. The van der Waals surface area contributed by atoms with Gasteiger partial charge in [-0.25, -0.2) is 4.99 Å². The monoisotopic (exact) mass is 349 g/mol. The SMILES string of the molecule is NC(=NCC(=O)N1CCCC1)N1CCN(c2ccc(Cl)cc2)CC1. The van der Waals surface area contributed by atoms with Crippen LogP contribution in [0.3, 0.4) is 0 Å². The number of benzene rings is 1. The topological polar surface area (TPSA) is 65.2 Å². The highest BCUT2D eigenvalue weighted by Gasteiger charge is 2.20. The van der Waals surface area contributed by atoms with Crippen molar-refractivity contribution in [2.75, 3.05) is 50.7 Å². The zero-order valence-corrected chi connectivity index (χ0v) is 14.6. The third-order valence-electron chi connectivity index (χ3n) is 4.63. The van der Waals surface area contributed by atoms with Crippen molar-refractivity contribution in [3.8, 4) is 0 Å². The van der Waals surface area contributed by atoms with Gasteiger partial charge < -0.3 is 20.4 Å². The number of hydrogen-bond acceptors (Lipinski definition) is 3. The van der Waals surface area contributed by atoms with Crippen LogP contribution < -0.4 is 10.6 Å². The fraction of sp³-hybridized carbons (Fsp3) is 0.529. The quantitative estimate of drug-likeness (QED) is 0.661. The van der Waals surface area contributed by atoms with Gasteiger partial charge in [-0.3, -0.25) is 4.79 Å². The fourth-order valence-corrected chi connectivity index (χ4v) is 3.29. The molecule has 2 aliphatic heterocycles. The first kappa shape index (κ1) is 16.9. The zero-order chi connectivity index (χ0) is 16.9. The number of nitrogens with two attached hydrogens (primary N) is 1. The normalized spacial score (nSPS) is 19.0. The van der Waals surface area contributed by atoms with E-state index in [0.717, 1.165) is 57.1 Å². The molecule has 2 aliphatic rings. The van der Waals surface area contributed by atoms with Gasteiger partial charge in [0.2, 0.25) is 5.91 Å². The third kappa shape index (κ3) is 4.12. The summed E-state index contributed by atoms with van der Waals surface area (Å²) >= 11 is 5.93. The van der Waals surface area contributed by atoms with Crippen LogP contribution in [-0.2, 0) is 4.79 Å². The van der Waals surface area contributed by atoms with E-state index < -0.39 is 0 Å². The second-order valence-electron chi connectivity index (χ2n) is 6.21. The van der Waals surface area contributed by atoms with Crippen molar-refractivity contribution in [3.63, 3.8) is 0 Å². The van der Waals surface area contributed by atoms with Gasteiger partial charge in [-0.05, 0) is 37.1 Å². The third-order valence-corrected chi connectivity index (χ3v) is 4.88. The lowest BCUT2D eigenvalue weighted by atomic mass is 10.2. The number of carbonyl (C=O) groups is 1. The van der Waals surface area contributed by atoms with E-state index in [0.29, 0.717) is 5.96 Å². The standard InChI is InChI=1S/C17H24ClN5O/c18-14-3-5-15(6-4-14)21-9-11-23(12-10-21)17(19)20-13-16(24)22-7-1-2-8-22/h3-6H,1-2,7-13H2,(H2,19,20). The van der Waals surface area contributed by atoms with Gasteiger partial charge in [0.1, 0.15) is 6.54 Å². The number of carbonyl (C=O) groups excluding carboxylic acids is 1. The second kappa shape index (κ2) is 7.75. The smallest absolute Gasteiger partial charge is 0.244 e. The molecule has 24 heavy (non-hydrogen) atoms. The molecule has 0 saturated carbocycles. The van der Waals surface area contributed by atoms with E-state index in [-0.39, 0.29) is 12.5 Å². The maximum absolute atomic E-state index is 12.0. The summed E-state index contributed by atoms with van der Waals surface area (Å²) in [6, 6.07) is 7.88. The molecule has 0 radical (unpaired) electrons. The number of rotatable bonds is 3. The summed E-state index contributed by atoms with van der Waals surface area (Å²) in [4.78, 5) is 22.5. The molecule has 2 N–H and O–H groups in total. The van der Waals surface area contributed by atoms with Crippen LogP contribution in [-0.4, -0.2) is 67.5 Å². The van der Waals surface area contributed by atoms with Gasteiger partial charge in [0.25, 0.3) is 0 Å². The van der Waals surface area contributed by atoms with Crippen LogP contribution >= 0.6 is 11.6 Å². The molecular formula is C17H24ClN5O. The first-order valence-corrected chi connectivity index (χ1v) is 8.84. The molecule has 2 fully saturated rings. The van der Waals surface area contributed by atoms with Crippen LogP contribution in [0.2, 0.25) is 5.02 Å². The van der Waals surface area contributed by atoms with Gasteiger partial charge in [-0.2, -0.15) is 0 Å². The Balaban J connectivity index is 1.49. The van der Waals surface area contributed by atoms with E-state index in [9.17, 15) is 4.79 Å². The highest BCUT2D eigenvalue weighted by molar-refractivity contribution is 6.30. The van der Waals surface area contributed by atoms with Crippen LogP contribution in [0.4, 0.5) is 5.69 Å². The minimum absolute atomic E-state index is 0.0789. The van der Waals surface area contributed by atoms with E-state index in [2.05, 4.69) is 9.89 Å². The van der Waals surface area contributed by atoms with E-state index in [1.54, 1.807) is 0 Å². The lowest BCUT2D eigenvalue weighted by molar-refractivity contribution is -0.128. The first-order chi connectivity index (χ1) is 11.6. The molecule has 2 heterocycles. The molecule has 0 spiro atoms. The van der Waals surface area contributed by atoms with E-state index in [1.165, 1.54) is 5.69 Å². The molecule has 2 saturated heterocycles. The number of guanidine groups is 1. The molecule has 0 aromatic heterocycles. The van der Waals surface area contributed by atoms with E-state index >= 15 is 0 Å². The van der Waals surface area contributed by atoms with Crippen LogP contribution in [0, 0.1) is 0 Å². The minimum atomic E-state index is 0.0789. The predicted molar refractivity (Wildman–Crippen MR) is 97.5 cm³/mol. The number of amides is 1. The number of anilines is 1. The molecule has 6 nitrogen and oxygen atoms in total. The van der Waals surface area contributed by atoms with E-state index in [1.807, 2.05) is 34.1 Å². The fourth-order valence-electron chi connectivity index (χ4n) is 3.16. The Morgan fingerprint density at radius 2 is 1.62 bits per heavy atom. The van der Waals surface area contributed by atoms with Crippen molar-refractivity contribution >= 4 is 29.2 Å². The Kier molecular flexibility index (Phi) is 5.45. The Bertz CT molecular complexity index is 590. The first-order valence-electron chi connectivity index (χ1n) is 8.46. The second-order valence-corrected chi connectivity index (χ2v) is 6.65. The van der Waals surface area contributed by atoms with Crippen LogP contribution in [0.15, 0.2) is 29.3 Å².